The molecule has 8 nitrogen and oxygen atoms in total. The Balaban J connectivity index is 1.88. The van der Waals surface area contributed by atoms with E-state index < -0.39 is 17.1 Å². The van der Waals surface area contributed by atoms with Gasteiger partial charge in [0.25, 0.3) is 11.1 Å². The van der Waals surface area contributed by atoms with Crippen LogP contribution in [0.3, 0.4) is 0 Å². The molecule has 1 fully saturated rings. The minimum atomic E-state index is -0.633. The Bertz CT molecular complexity index is 1100. The SMILES string of the molecule is C=CCc1cc(/C=C2/SC(=O)N(Cc3ccc(C(=O)OC)o3)C2=O)cc(OCC)c1OCC. The monoisotopic (exact) mass is 471 g/mol. The third-order valence-electron chi connectivity index (χ3n) is 4.64. The number of rotatable bonds is 10. The Morgan fingerprint density at radius 3 is 2.61 bits per heavy atom. The third-order valence-corrected chi connectivity index (χ3v) is 5.55. The van der Waals surface area contributed by atoms with Crippen molar-refractivity contribution in [3.05, 3.63) is 64.5 Å². The Labute approximate surface area is 196 Å². The minimum Gasteiger partial charge on any atom is -0.490 e. The molecule has 1 aromatic heterocycles. The van der Waals surface area contributed by atoms with E-state index in [9.17, 15) is 14.4 Å². The summed E-state index contributed by atoms with van der Waals surface area (Å²) < 4.78 is 21.5. The summed E-state index contributed by atoms with van der Waals surface area (Å²) in [5.74, 6) is 0.428. The molecule has 1 saturated heterocycles. The van der Waals surface area contributed by atoms with Gasteiger partial charge < -0.3 is 18.6 Å². The van der Waals surface area contributed by atoms with Gasteiger partial charge in [-0.25, -0.2) is 4.79 Å². The van der Waals surface area contributed by atoms with E-state index in [1.165, 1.54) is 19.2 Å². The van der Waals surface area contributed by atoms with Crippen LogP contribution in [0.1, 0.15) is 41.3 Å². The van der Waals surface area contributed by atoms with Gasteiger partial charge >= 0.3 is 5.97 Å². The van der Waals surface area contributed by atoms with Crippen molar-refractivity contribution in [2.24, 2.45) is 0 Å². The number of carbonyl (C=O) groups is 3. The number of allylic oxidation sites excluding steroid dienone is 1. The molecule has 0 saturated carbocycles. The molecule has 174 valence electrons. The van der Waals surface area contributed by atoms with Crippen LogP contribution in [0, 0.1) is 0 Å². The first kappa shape index (κ1) is 24.2. The molecule has 3 rings (SSSR count). The summed E-state index contributed by atoms with van der Waals surface area (Å²) in [7, 11) is 1.24. The summed E-state index contributed by atoms with van der Waals surface area (Å²) in [6, 6.07) is 6.64. The maximum Gasteiger partial charge on any atom is 0.373 e. The lowest BCUT2D eigenvalue weighted by atomic mass is 10.0. The number of methoxy groups -OCH3 is 1. The highest BCUT2D eigenvalue weighted by Crippen LogP contribution is 2.37. The maximum atomic E-state index is 12.9. The zero-order valence-corrected chi connectivity index (χ0v) is 19.5. The molecule has 2 heterocycles. The van der Waals surface area contributed by atoms with Gasteiger partial charge in [-0.15, -0.1) is 6.58 Å². The highest BCUT2D eigenvalue weighted by atomic mass is 32.2. The Hall–Kier alpha value is -3.46. The smallest absolute Gasteiger partial charge is 0.373 e. The number of hydrogen-bond acceptors (Lipinski definition) is 8. The Morgan fingerprint density at radius 2 is 1.94 bits per heavy atom. The van der Waals surface area contributed by atoms with E-state index in [0.29, 0.717) is 42.5 Å². The van der Waals surface area contributed by atoms with E-state index in [0.717, 1.165) is 22.2 Å². The fraction of sp³-hybridized carbons (Fsp3) is 0.292. The van der Waals surface area contributed by atoms with Crippen molar-refractivity contribution in [2.45, 2.75) is 26.8 Å². The maximum absolute atomic E-state index is 12.9. The molecule has 0 spiro atoms. The average molecular weight is 472 g/mol. The molecule has 0 unspecified atom stereocenters. The molecule has 1 aromatic carbocycles. The summed E-state index contributed by atoms with van der Waals surface area (Å²) in [4.78, 5) is 38.3. The van der Waals surface area contributed by atoms with Crippen molar-refractivity contribution >= 4 is 35.0 Å². The van der Waals surface area contributed by atoms with Gasteiger partial charge in [0.05, 0.1) is 31.8 Å². The molecule has 0 bridgehead atoms. The number of benzene rings is 1. The lowest BCUT2D eigenvalue weighted by Gasteiger charge is -2.16. The second kappa shape index (κ2) is 10.9. The average Bonchev–Trinajstić information content (AvgIpc) is 3.36. The quantitative estimate of drug-likeness (QED) is 0.276. The van der Waals surface area contributed by atoms with E-state index in [1.54, 1.807) is 18.2 Å². The lowest BCUT2D eigenvalue weighted by molar-refractivity contribution is -0.123. The Morgan fingerprint density at radius 1 is 1.18 bits per heavy atom. The molecule has 33 heavy (non-hydrogen) atoms. The van der Waals surface area contributed by atoms with Gasteiger partial charge in [0.15, 0.2) is 11.5 Å². The molecule has 0 aliphatic carbocycles. The van der Waals surface area contributed by atoms with Crippen LogP contribution < -0.4 is 9.47 Å². The first-order valence-electron chi connectivity index (χ1n) is 10.4. The first-order chi connectivity index (χ1) is 15.9. The normalized spacial score (nSPS) is 14.6. The van der Waals surface area contributed by atoms with Crippen molar-refractivity contribution in [3.8, 4) is 11.5 Å². The highest BCUT2D eigenvalue weighted by molar-refractivity contribution is 8.18. The van der Waals surface area contributed by atoms with Crippen molar-refractivity contribution < 1.29 is 33.0 Å². The molecule has 1 aliphatic heterocycles. The van der Waals surface area contributed by atoms with Crippen LogP contribution in [0.4, 0.5) is 4.79 Å². The van der Waals surface area contributed by atoms with Gasteiger partial charge in [0.2, 0.25) is 5.76 Å². The highest BCUT2D eigenvalue weighted by Gasteiger charge is 2.36. The lowest BCUT2D eigenvalue weighted by Crippen LogP contribution is -2.27. The topological polar surface area (TPSA) is 95.3 Å². The summed E-state index contributed by atoms with van der Waals surface area (Å²) in [5, 5.41) is -0.426. The van der Waals surface area contributed by atoms with Gasteiger partial charge in [0, 0.05) is 5.56 Å². The third kappa shape index (κ3) is 5.48. The number of esters is 1. The zero-order valence-electron chi connectivity index (χ0n) is 18.7. The molecular weight excluding hydrogens is 446 g/mol. The number of amides is 2. The fourth-order valence-electron chi connectivity index (χ4n) is 3.26. The number of ether oxygens (including phenoxy) is 3. The molecular formula is C24H25NO7S. The molecule has 2 aromatic rings. The summed E-state index contributed by atoms with van der Waals surface area (Å²) in [6.45, 7) is 8.40. The van der Waals surface area contributed by atoms with Crippen LogP contribution in [0.5, 0.6) is 11.5 Å². The predicted molar refractivity (Wildman–Crippen MR) is 124 cm³/mol. The number of thioether (sulfide) groups is 1. The molecule has 2 amide bonds. The van der Waals surface area contributed by atoms with Crippen molar-refractivity contribution in [1.82, 2.24) is 4.90 Å². The summed E-state index contributed by atoms with van der Waals surface area (Å²) in [6.07, 6.45) is 3.97. The van der Waals surface area contributed by atoms with E-state index >= 15 is 0 Å². The number of furan rings is 1. The van der Waals surface area contributed by atoms with Gasteiger partial charge in [-0.1, -0.05) is 6.08 Å². The molecule has 9 heteroatoms. The molecule has 0 N–H and O–H groups in total. The van der Waals surface area contributed by atoms with Crippen LogP contribution in [-0.4, -0.2) is 42.3 Å². The molecule has 0 atom stereocenters. The minimum absolute atomic E-state index is 0.00241. The van der Waals surface area contributed by atoms with Crippen LogP contribution in [-0.2, 0) is 22.5 Å². The number of imide groups is 1. The van der Waals surface area contributed by atoms with Gasteiger partial charge in [-0.2, -0.15) is 0 Å². The van der Waals surface area contributed by atoms with Crippen molar-refractivity contribution in [3.63, 3.8) is 0 Å². The van der Waals surface area contributed by atoms with E-state index in [-0.39, 0.29) is 17.2 Å². The van der Waals surface area contributed by atoms with E-state index in [4.69, 9.17) is 13.9 Å². The predicted octanol–water partition coefficient (Wildman–Crippen LogP) is 4.83. The standard InChI is InChI=1S/C24H25NO7S/c1-5-8-16-11-15(12-19(30-6-2)21(16)31-7-3)13-20-22(26)25(24(28)33-20)14-17-9-10-18(32-17)23(27)29-4/h5,9-13H,1,6-8,14H2,2-4H3/b20-13+. The number of nitrogens with zero attached hydrogens (tertiary/aromatic N) is 1. The van der Waals surface area contributed by atoms with Gasteiger partial charge in [0.1, 0.15) is 5.76 Å². The Kier molecular flexibility index (Phi) is 8.00. The zero-order chi connectivity index (χ0) is 24.0. The second-order valence-corrected chi connectivity index (χ2v) is 7.88. The molecule has 0 radical (unpaired) electrons. The summed E-state index contributed by atoms with van der Waals surface area (Å²) in [5.41, 5.74) is 1.57. The van der Waals surface area contributed by atoms with Crippen molar-refractivity contribution in [2.75, 3.05) is 20.3 Å². The van der Waals surface area contributed by atoms with E-state index in [2.05, 4.69) is 11.3 Å². The summed E-state index contributed by atoms with van der Waals surface area (Å²) >= 11 is 0.839. The van der Waals surface area contributed by atoms with Gasteiger partial charge in [-0.3, -0.25) is 14.5 Å². The van der Waals surface area contributed by atoms with Crippen LogP contribution >= 0.6 is 11.8 Å². The van der Waals surface area contributed by atoms with Crippen LogP contribution in [0.2, 0.25) is 0 Å². The van der Waals surface area contributed by atoms with Gasteiger partial charge in [-0.05, 0) is 67.9 Å². The second-order valence-electron chi connectivity index (χ2n) is 6.89. The van der Waals surface area contributed by atoms with Crippen LogP contribution in [0.15, 0.2) is 46.2 Å². The van der Waals surface area contributed by atoms with Crippen LogP contribution in [0.25, 0.3) is 6.08 Å². The van der Waals surface area contributed by atoms with E-state index in [1.807, 2.05) is 19.9 Å². The number of carbonyl (C=O) groups excluding carboxylic acids is 3. The molecule has 1 aliphatic rings. The fourth-order valence-corrected chi connectivity index (χ4v) is 4.10. The first-order valence-corrected chi connectivity index (χ1v) is 11.2. The number of hydrogen-bond donors (Lipinski definition) is 0. The largest absolute Gasteiger partial charge is 0.490 e. The van der Waals surface area contributed by atoms with Crippen molar-refractivity contribution in [1.29, 1.82) is 0 Å².